The zero-order valence-electron chi connectivity index (χ0n) is 11.1. The highest BCUT2D eigenvalue weighted by Gasteiger charge is 2.35. The summed E-state index contributed by atoms with van der Waals surface area (Å²) in [5.41, 5.74) is 0. The zero-order chi connectivity index (χ0) is 13.9. The van der Waals surface area contributed by atoms with Gasteiger partial charge in [-0.25, -0.2) is 0 Å². The van der Waals surface area contributed by atoms with Crippen LogP contribution in [-0.4, -0.2) is 69.5 Å². The number of morpholine rings is 1. The number of carbonyl (C=O) groups excluding carboxylic acids is 1. The van der Waals surface area contributed by atoms with Crippen molar-refractivity contribution in [1.82, 2.24) is 8.61 Å². The highest BCUT2D eigenvalue weighted by molar-refractivity contribution is 7.86. The molecule has 0 radical (unpaired) electrons. The molecule has 110 valence electrons. The molecular formula is C11H20N2O5S. The first-order valence-corrected chi connectivity index (χ1v) is 7.86. The van der Waals surface area contributed by atoms with Crippen molar-refractivity contribution in [3.63, 3.8) is 0 Å². The summed E-state index contributed by atoms with van der Waals surface area (Å²) in [6, 6.07) is 0. The molecule has 2 aliphatic heterocycles. The lowest BCUT2D eigenvalue weighted by Gasteiger charge is -2.35. The quantitative estimate of drug-likeness (QED) is 0.652. The molecule has 0 atom stereocenters. The van der Waals surface area contributed by atoms with Crippen molar-refractivity contribution in [1.29, 1.82) is 0 Å². The lowest BCUT2D eigenvalue weighted by Crippen LogP contribution is -2.51. The largest absolute Gasteiger partial charge is 0.469 e. The lowest BCUT2D eigenvalue weighted by atomic mass is 9.99. The summed E-state index contributed by atoms with van der Waals surface area (Å²) in [7, 11) is -2.05. The van der Waals surface area contributed by atoms with Gasteiger partial charge in [0, 0.05) is 26.2 Å². The van der Waals surface area contributed by atoms with Gasteiger partial charge >= 0.3 is 5.97 Å². The van der Waals surface area contributed by atoms with Gasteiger partial charge < -0.3 is 9.47 Å². The van der Waals surface area contributed by atoms with E-state index in [1.165, 1.54) is 15.7 Å². The average Bonchev–Trinajstić information content (AvgIpc) is 2.47. The van der Waals surface area contributed by atoms with Gasteiger partial charge in [-0.2, -0.15) is 17.0 Å². The number of hydrogen-bond acceptors (Lipinski definition) is 5. The molecular weight excluding hydrogens is 272 g/mol. The van der Waals surface area contributed by atoms with E-state index in [-0.39, 0.29) is 11.9 Å². The maximum Gasteiger partial charge on any atom is 0.308 e. The Morgan fingerprint density at radius 3 is 2.16 bits per heavy atom. The number of rotatable bonds is 3. The molecule has 0 aromatic heterocycles. The minimum Gasteiger partial charge on any atom is -0.469 e. The molecule has 7 nitrogen and oxygen atoms in total. The van der Waals surface area contributed by atoms with E-state index in [2.05, 4.69) is 0 Å². The second-order valence-corrected chi connectivity index (χ2v) is 6.64. The van der Waals surface area contributed by atoms with Gasteiger partial charge in [0.2, 0.25) is 0 Å². The normalized spacial score (nSPS) is 24.3. The Kier molecular flexibility index (Phi) is 4.77. The summed E-state index contributed by atoms with van der Waals surface area (Å²) in [6.45, 7) is 2.44. The average molecular weight is 292 g/mol. The molecule has 19 heavy (non-hydrogen) atoms. The van der Waals surface area contributed by atoms with Crippen LogP contribution in [0.15, 0.2) is 0 Å². The van der Waals surface area contributed by atoms with Crippen molar-refractivity contribution in [3.05, 3.63) is 0 Å². The minimum absolute atomic E-state index is 0.180. The van der Waals surface area contributed by atoms with E-state index in [4.69, 9.17) is 9.47 Å². The van der Waals surface area contributed by atoms with E-state index < -0.39 is 10.2 Å². The minimum atomic E-state index is -3.41. The number of hydrogen-bond donors (Lipinski definition) is 0. The number of methoxy groups -OCH3 is 1. The van der Waals surface area contributed by atoms with E-state index in [0.717, 1.165) is 0 Å². The molecule has 0 bridgehead atoms. The fourth-order valence-electron chi connectivity index (χ4n) is 2.43. The van der Waals surface area contributed by atoms with Crippen molar-refractivity contribution in [2.75, 3.05) is 46.5 Å². The Bertz CT molecular complexity index is 411. The van der Waals surface area contributed by atoms with Crippen LogP contribution in [0.1, 0.15) is 12.8 Å². The van der Waals surface area contributed by atoms with Crippen LogP contribution in [-0.2, 0) is 24.5 Å². The third kappa shape index (κ3) is 3.25. The SMILES string of the molecule is COC(=O)C1CCN(S(=O)(=O)N2CCOCC2)CC1. The Morgan fingerprint density at radius 2 is 1.63 bits per heavy atom. The first kappa shape index (κ1) is 14.7. The first-order chi connectivity index (χ1) is 9.05. The molecule has 0 spiro atoms. The van der Waals surface area contributed by atoms with Gasteiger partial charge in [0.05, 0.1) is 26.2 Å². The standard InChI is InChI=1S/C11H20N2O5S/c1-17-11(14)10-2-4-12(5-3-10)19(15,16)13-6-8-18-9-7-13/h10H,2-9H2,1H3. The van der Waals surface area contributed by atoms with Gasteiger partial charge in [-0.15, -0.1) is 0 Å². The van der Waals surface area contributed by atoms with Crippen molar-refractivity contribution >= 4 is 16.2 Å². The number of ether oxygens (including phenoxy) is 2. The smallest absolute Gasteiger partial charge is 0.308 e. The molecule has 0 aromatic carbocycles. The van der Waals surface area contributed by atoms with Crippen molar-refractivity contribution in [2.45, 2.75) is 12.8 Å². The molecule has 0 aliphatic carbocycles. The van der Waals surface area contributed by atoms with Gasteiger partial charge in [-0.1, -0.05) is 0 Å². The molecule has 2 fully saturated rings. The number of piperidine rings is 1. The molecule has 2 aliphatic rings. The molecule has 0 unspecified atom stereocenters. The highest BCUT2D eigenvalue weighted by atomic mass is 32.2. The van der Waals surface area contributed by atoms with Crippen LogP contribution < -0.4 is 0 Å². The van der Waals surface area contributed by atoms with Crippen LogP contribution in [0.5, 0.6) is 0 Å². The Balaban J connectivity index is 1.94. The topological polar surface area (TPSA) is 76.2 Å². The van der Waals surface area contributed by atoms with Crippen LogP contribution in [0.2, 0.25) is 0 Å². The summed E-state index contributed by atoms with van der Waals surface area (Å²) < 4.78 is 37.5. The van der Waals surface area contributed by atoms with Crippen LogP contribution in [0, 0.1) is 5.92 Å². The van der Waals surface area contributed by atoms with Crippen LogP contribution in [0.25, 0.3) is 0 Å². The molecule has 0 saturated carbocycles. The maximum absolute atomic E-state index is 12.4. The maximum atomic E-state index is 12.4. The molecule has 0 aromatic rings. The van der Waals surface area contributed by atoms with E-state index >= 15 is 0 Å². The predicted molar refractivity (Wildman–Crippen MR) is 67.6 cm³/mol. The fourth-order valence-corrected chi connectivity index (χ4v) is 4.04. The Morgan fingerprint density at radius 1 is 1.11 bits per heavy atom. The Labute approximate surface area is 113 Å². The zero-order valence-corrected chi connectivity index (χ0v) is 11.9. The summed E-state index contributed by atoms with van der Waals surface area (Å²) in [5, 5.41) is 0. The van der Waals surface area contributed by atoms with Gasteiger partial charge in [0.25, 0.3) is 10.2 Å². The first-order valence-electron chi connectivity index (χ1n) is 6.46. The number of nitrogens with zero attached hydrogens (tertiary/aromatic N) is 2. The van der Waals surface area contributed by atoms with E-state index in [1.54, 1.807) is 0 Å². The van der Waals surface area contributed by atoms with Crippen LogP contribution in [0.4, 0.5) is 0 Å². The van der Waals surface area contributed by atoms with E-state index in [0.29, 0.717) is 52.2 Å². The van der Waals surface area contributed by atoms with Gasteiger partial charge in [-0.3, -0.25) is 4.79 Å². The van der Waals surface area contributed by atoms with E-state index in [1.807, 2.05) is 0 Å². The third-order valence-electron chi connectivity index (χ3n) is 3.61. The molecule has 2 rings (SSSR count). The Hall–Kier alpha value is -0.700. The highest BCUT2D eigenvalue weighted by Crippen LogP contribution is 2.22. The molecule has 2 saturated heterocycles. The molecule has 2 heterocycles. The second-order valence-electron chi connectivity index (χ2n) is 4.72. The second kappa shape index (κ2) is 6.17. The summed E-state index contributed by atoms with van der Waals surface area (Å²) in [5.74, 6) is -0.426. The van der Waals surface area contributed by atoms with Gasteiger partial charge in [0.15, 0.2) is 0 Å². The lowest BCUT2D eigenvalue weighted by molar-refractivity contribution is -0.146. The third-order valence-corrected chi connectivity index (χ3v) is 5.65. The summed E-state index contributed by atoms with van der Waals surface area (Å²) in [4.78, 5) is 11.4. The number of carbonyl (C=O) groups is 1. The molecule has 8 heteroatoms. The number of esters is 1. The van der Waals surface area contributed by atoms with Crippen LogP contribution in [0.3, 0.4) is 0 Å². The van der Waals surface area contributed by atoms with E-state index in [9.17, 15) is 13.2 Å². The fraction of sp³-hybridized carbons (Fsp3) is 0.909. The van der Waals surface area contributed by atoms with Crippen LogP contribution >= 0.6 is 0 Å². The predicted octanol–water partition coefficient (Wildman–Crippen LogP) is -0.552. The van der Waals surface area contributed by atoms with Gasteiger partial charge in [0.1, 0.15) is 0 Å². The summed E-state index contributed by atoms with van der Waals surface area (Å²) >= 11 is 0. The molecule has 0 N–H and O–H groups in total. The van der Waals surface area contributed by atoms with Gasteiger partial charge in [-0.05, 0) is 12.8 Å². The van der Waals surface area contributed by atoms with Crippen molar-refractivity contribution in [3.8, 4) is 0 Å². The monoisotopic (exact) mass is 292 g/mol. The van der Waals surface area contributed by atoms with Crippen molar-refractivity contribution in [2.24, 2.45) is 5.92 Å². The summed E-state index contributed by atoms with van der Waals surface area (Å²) in [6.07, 6.45) is 1.05. The van der Waals surface area contributed by atoms with Crippen molar-refractivity contribution < 1.29 is 22.7 Å². The molecule has 0 amide bonds.